The summed E-state index contributed by atoms with van der Waals surface area (Å²) in [7, 11) is 1.50. The quantitative estimate of drug-likeness (QED) is 0.204. The van der Waals surface area contributed by atoms with Crippen molar-refractivity contribution in [2.75, 3.05) is 13.7 Å². The number of benzene rings is 2. The summed E-state index contributed by atoms with van der Waals surface area (Å²) < 4.78 is 5.11. The summed E-state index contributed by atoms with van der Waals surface area (Å²) in [6.07, 6.45) is 1.23. The second-order valence-corrected chi connectivity index (χ2v) is 8.23. The minimum Gasteiger partial charge on any atom is -0.466 e. The number of ether oxygens (including phenoxy) is 1. The first-order chi connectivity index (χ1) is 16.7. The molecule has 1 heterocycles. The smallest absolute Gasteiger partial charge is 0.347 e. The lowest BCUT2D eigenvalue weighted by molar-refractivity contribution is -0.163. The van der Waals surface area contributed by atoms with Gasteiger partial charge in [-0.1, -0.05) is 54.6 Å². The van der Waals surface area contributed by atoms with Crippen LogP contribution < -0.4 is 5.84 Å². The number of hydrogen-bond donors (Lipinski definition) is 1. The highest BCUT2D eigenvalue weighted by Gasteiger charge is 2.57. The third kappa shape index (κ3) is 4.72. The van der Waals surface area contributed by atoms with Crippen molar-refractivity contribution in [2.45, 2.75) is 38.8 Å². The molecule has 4 amide bonds. The third-order valence-corrected chi connectivity index (χ3v) is 6.13. The Hall–Kier alpha value is -4.21. The van der Waals surface area contributed by atoms with Gasteiger partial charge in [-0.25, -0.2) is 9.80 Å². The van der Waals surface area contributed by atoms with Crippen molar-refractivity contribution < 1.29 is 23.9 Å². The number of hydrogen-bond acceptors (Lipinski definition) is 7. The molecule has 0 bridgehead atoms. The monoisotopic (exact) mass is 479 g/mol. The standard InChI is InChI=1S/C25H29N5O5/c1-5-35-22(32)15-21(19-9-7-6-8-10-19)29(17(2)31)30-23(33)25(3,28(4)24(30)34)20-13-11-18(12-14-20)16-27-26/h6-14,16,21H,5,15,26H2,1-4H3/t21-,25-/m1/s1. The van der Waals surface area contributed by atoms with E-state index in [4.69, 9.17) is 10.6 Å². The third-order valence-electron chi connectivity index (χ3n) is 6.13. The summed E-state index contributed by atoms with van der Waals surface area (Å²) in [6.45, 7) is 4.70. The summed E-state index contributed by atoms with van der Waals surface area (Å²) in [5, 5.41) is 5.36. The fourth-order valence-electron chi connectivity index (χ4n) is 4.15. The fourth-order valence-corrected chi connectivity index (χ4v) is 4.15. The number of amides is 4. The van der Waals surface area contributed by atoms with Crippen LogP contribution in [0.4, 0.5) is 4.79 Å². The summed E-state index contributed by atoms with van der Waals surface area (Å²) in [6, 6.07) is 14.0. The Bertz CT molecular complexity index is 1130. The predicted octanol–water partition coefficient (Wildman–Crippen LogP) is 2.55. The molecule has 2 aromatic carbocycles. The second kappa shape index (κ2) is 10.4. The molecule has 1 fully saturated rings. The number of hydrazone groups is 1. The molecule has 2 atom stereocenters. The van der Waals surface area contributed by atoms with Crippen LogP contribution in [0.2, 0.25) is 0 Å². The summed E-state index contributed by atoms with van der Waals surface area (Å²) in [5.41, 5.74) is 0.451. The number of hydrazine groups is 1. The Kier molecular flexibility index (Phi) is 7.53. The number of carbonyl (C=O) groups excluding carboxylic acids is 4. The van der Waals surface area contributed by atoms with Crippen molar-refractivity contribution >= 4 is 30.0 Å². The van der Waals surface area contributed by atoms with Crippen LogP contribution in [-0.2, 0) is 24.7 Å². The highest BCUT2D eigenvalue weighted by Crippen LogP contribution is 2.39. The van der Waals surface area contributed by atoms with E-state index in [0.29, 0.717) is 11.1 Å². The largest absolute Gasteiger partial charge is 0.466 e. The van der Waals surface area contributed by atoms with Crippen LogP contribution in [0.3, 0.4) is 0 Å². The molecule has 10 heteroatoms. The SMILES string of the molecule is CCOC(=O)C[C@H](c1ccccc1)N(C(C)=O)N1C(=O)N(C)[C@](C)(c2ccc(C=NN)cc2)C1=O. The van der Waals surface area contributed by atoms with Gasteiger partial charge in [0.25, 0.3) is 5.91 Å². The lowest BCUT2D eigenvalue weighted by Crippen LogP contribution is -2.52. The van der Waals surface area contributed by atoms with Crippen LogP contribution >= 0.6 is 0 Å². The van der Waals surface area contributed by atoms with Gasteiger partial charge in [0.2, 0.25) is 5.91 Å². The van der Waals surface area contributed by atoms with Gasteiger partial charge in [0.05, 0.1) is 25.3 Å². The van der Waals surface area contributed by atoms with Crippen molar-refractivity contribution in [3.05, 3.63) is 71.3 Å². The van der Waals surface area contributed by atoms with E-state index in [1.807, 2.05) is 0 Å². The highest BCUT2D eigenvalue weighted by atomic mass is 16.5. The number of likely N-dealkylation sites (N-methyl/N-ethyl adjacent to an activating group) is 1. The molecule has 3 rings (SSSR count). The molecule has 0 spiro atoms. The molecule has 1 saturated heterocycles. The van der Waals surface area contributed by atoms with E-state index < -0.39 is 35.4 Å². The van der Waals surface area contributed by atoms with E-state index >= 15 is 0 Å². The van der Waals surface area contributed by atoms with Gasteiger partial charge >= 0.3 is 12.0 Å². The van der Waals surface area contributed by atoms with E-state index in [0.717, 1.165) is 15.6 Å². The molecule has 1 aliphatic heterocycles. The zero-order chi connectivity index (χ0) is 25.8. The lowest BCUT2D eigenvalue weighted by atomic mass is 9.90. The Labute approximate surface area is 203 Å². The molecule has 184 valence electrons. The Balaban J connectivity index is 2.07. The van der Waals surface area contributed by atoms with Gasteiger partial charge in [-0.3, -0.25) is 14.4 Å². The van der Waals surface area contributed by atoms with Crippen LogP contribution in [0, 0.1) is 0 Å². The molecule has 2 aromatic rings. The fraction of sp³-hybridized carbons (Fsp3) is 0.320. The molecule has 1 aliphatic rings. The van der Waals surface area contributed by atoms with E-state index in [1.165, 1.54) is 25.1 Å². The Morgan fingerprint density at radius 2 is 1.77 bits per heavy atom. The molecule has 0 saturated carbocycles. The summed E-state index contributed by atoms with van der Waals surface area (Å²) in [5.74, 6) is 3.46. The molecular formula is C25H29N5O5. The maximum absolute atomic E-state index is 13.9. The molecule has 0 aliphatic carbocycles. The number of imide groups is 1. The minimum absolute atomic E-state index is 0.160. The first kappa shape index (κ1) is 25.4. The zero-order valence-corrected chi connectivity index (χ0v) is 20.2. The normalized spacial score (nSPS) is 18.7. The highest BCUT2D eigenvalue weighted by molar-refractivity contribution is 6.08. The Morgan fingerprint density at radius 3 is 2.31 bits per heavy atom. The van der Waals surface area contributed by atoms with E-state index in [1.54, 1.807) is 68.4 Å². The van der Waals surface area contributed by atoms with Gasteiger partial charge in [0.1, 0.15) is 5.54 Å². The number of carbonyl (C=O) groups is 4. The van der Waals surface area contributed by atoms with E-state index in [2.05, 4.69) is 5.10 Å². The van der Waals surface area contributed by atoms with Crippen LogP contribution in [0.25, 0.3) is 0 Å². The molecule has 0 aromatic heterocycles. The van der Waals surface area contributed by atoms with Crippen LogP contribution in [-0.4, -0.2) is 58.6 Å². The van der Waals surface area contributed by atoms with E-state index in [9.17, 15) is 19.2 Å². The predicted molar refractivity (Wildman–Crippen MR) is 129 cm³/mol. The minimum atomic E-state index is -1.39. The van der Waals surface area contributed by atoms with Crippen LogP contribution in [0.5, 0.6) is 0 Å². The van der Waals surface area contributed by atoms with Gasteiger partial charge in [0, 0.05) is 14.0 Å². The van der Waals surface area contributed by atoms with Gasteiger partial charge < -0.3 is 15.5 Å². The number of esters is 1. The number of nitrogens with two attached hydrogens (primary N) is 1. The van der Waals surface area contributed by atoms with Crippen molar-refractivity contribution in [1.82, 2.24) is 14.9 Å². The zero-order valence-electron chi connectivity index (χ0n) is 20.2. The summed E-state index contributed by atoms with van der Waals surface area (Å²) >= 11 is 0. The van der Waals surface area contributed by atoms with Crippen molar-refractivity contribution in [1.29, 1.82) is 0 Å². The van der Waals surface area contributed by atoms with Gasteiger partial charge in [-0.05, 0) is 30.5 Å². The van der Waals surface area contributed by atoms with Gasteiger partial charge in [-0.2, -0.15) is 10.1 Å². The number of urea groups is 1. The number of nitrogens with zero attached hydrogens (tertiary/aromatic N) is 4. The lowest BCUT2D eigenvalue weighted by Gasteiger charge is -2.35. The second-order valence-electron chi connectivity index (χ2n) is 8.23. The van der Waals surface area contributed by atoms with Crippen LogP contribution in [0.1, 0.15) is 49.9 Å². The van der Waals surface area contributed by atoms with Gasteiger partial charge in [-0.15, -0.1) is 0 Å². The van der Waals surface area contributed by atoms with Crippen molar-refractivity contribution in [2.24, 2.45) is 10.9 Å². The average molecular weight is 480 g/mol. The number of rotatable bonds is 8. The van der Waals surface area contributed by atoms with Crippen molar-refractivity contribution in [3.63, 3.8) is 0 Å². The first-order valence-electron chi connectivity index (χ1n) is 11.1. The van der Waals surface area contributed by atoms with Gasteiger partial charge in [0.15, 0.2) is 0 Å². The molecular weight excluding hydrogens is 450 g/mol. The molecule has 10 nitrogen and oxygen atoms in total. The maximum Gasteiger partial charge on any atom is 0.347 e. The Morgan fingerprint density at radius 1 is 1.14 bits per heavy atom. The molecule has 2 N–H and O–H groups in total. The van der Waals surface area contributed by atoms with E-state index in [-0.39, 0.29) is 13.0 Å². The summed E-state index contributed by atoms with van der Waals surface area (Å²) in [4.78, 5) is 54.0. The topological polar surface area (TPSA) is 126 Å². The average Bonchev–Trinajstić information content (AvgIpc) is 3.01. The molecule has 0 radical (unpaired) electrons. The maximum atomic E-state index is 13.9. The molecule has 0 unspecified atom stereocenters. The van der Waals surface area contributed by atoms with Crippen molar-refractivity contribution in [3.8, 4) is 0 Å². The first-order valence-corrected chi connectivity index (χ1v) is 11.1. The van der Waals surface area contributed by atoms with Crippen LogP contribution in [0.15, 0.2) is 59.7 Å². The molecule has 35 heavy (non-hydrogen) atoms.